The highest BCUT2D eigenvalue weighted by atomic mass is 35.5. The third-order valence-electron chi connectivity index (χ3n) is 4.95. The van der Waals surface area contributed by atoms with E-state index in [1.54, 1.807) is 0 Å². The van der Waals surface area contributed by atoms with Crippen molar-refractivity contribution in [2.24, 2.45) is 0 Å². The predicted molar refractivity (Wildman–Crippen MR) is 94.3 cm³/mol. The monoisotopic (exact) mass is 335 g/mol. The fourth-order valence-electron chi connectivity index (χ4n) is 3.88. The maximum atomic E-state index is 12.6. The van der Waals surface area contributed by atoms with Crippen LogP contribution in [0.1, 0.15) is 29.9 Å². The highest BCUT2D eigenvalue weighted by Gasteiger charge is 2.37. The van der Waals surface area contributed by atoms with Crippen LogP contribution in [0.4, 0.5) is 5.69 Å². The Morgan fingerprint density at radius 2 is 1.92 bits per heavy atom. The van der Waals surface area contributed by atoms with E-state index in [4.69, 9.17) is 11.6 Å². The Labute approximate surface area is 143 Å². The number of nitrogens with one attached hydrogen (secondary N) is 2. The standard InChI is InChI=1S/C19H14ClN3O/c20-12-4-1-10(2-5-12)16-17-13(7-8-15(17)24)22-14-6-3-11-9-21-23-19(11)18(14)16/h1-6,9,16,22H,7-8H2,(H,21,23). The van der Waals surface area contributed by atoms with Gasteiger partial charge in [-0.3, -0.25) is 9.89 Å². The SMILES string of the molecule is O=C1CCC2=C1C(c1ccc(Cl)cc1)c1c(ccc3cn[nH]c13)N2. The first kappa shape index (κ1) is 13.8. The predicted octanol–water partition coefficient (Wildman–Crippen LogP) is 4.39. The molecule has 0 saturated carbocycles. The normalized spacial score (nSPS) is 19.4. The van der Waals surface area contributed by atoms with Crippen LogP contribution >= 0.6 is 11.6 Å². The summed E-state index contributed by atoms with van der Waals surface area (Å²) in [6.07, 6.45) is 3.16. The van der Waals surface area contributed by atoms with Gasteiger partial charge in [-0.2, -0.15) is 5.10 Å². The van der Waals surface area contributed by atoms with Crippen molar-refractivity contribution in [2.45, 2.75) is 18.8 Å². The fourth-order valence-corrected chi connectivity index (χ4v) is 4.01. The highest BCUT2D eigenvalue weighted by molar-refractivity contribution is 6.30. The number of anilines is 1. The summed E-state index contributed by atoms with van der Waals surface area (Å²) < 4.78 is 0. The topological polar surface area (TPSA) is 57.8 Å². The van der Waals surface area contributed by atoms with Crippen LogP contribution in [0.25, 0.3) is 10.9 Å². The molecule has 1 aromatic heterocycles. The summed E-state index contributed by atoms with van der Waals surface area (Å²) in [7, 11) is 0. The van der Waals surface area contributed by atoms with Gasteiger partial charge in [0.15, 0.2) is 5.78 Å². The molecule has 2 aliphatic rings. The minimum absolute atomic E-state index is 0.0901. The number of carbonyl (C=O) groups is 1. The Bertz CT molecular complexity index is 1020. The lowest BCUT2D eigenvalue weighted by Gasteiger charge is -2.29. The number of hydrogen-bond acceptors (Lipinski definition) is 3. The lowest BCUT2D eigenvalue weighted by atomic mass is 9.80. The molecule has 4 nitrogen and oxygen atoms in total. The van der Waals surface area contributed by atoms with Crippen LogP contribution in [0.3, 0.4) is 0 Å². The number of allylic oxidation sites excluding steroid dienone is 2. The van der Waals surface area contributed by atoms with Gasteiger partial charge in [-0.15, -0.1) is 0 Å². The van der Waals surface area contributed by atoms with Gasteiger partial charge in [0.1, 0.15) is 0 Å². The van der Waals surface area contributed by atoms with Gasteiger partial charge in [0, 0.05) is 45.3 Å². The van der Waals surface area contributed by atoms with E-state index in [2.05, 4.69) is 21.6 Å². The second-order valence-electron chi connectivity index (χ2n) is 6.29. The Hall–Kier alpha value is -2.59. The van der Waals surface area contributed by atoms with Crippen LogP contribution in [0, 0.1) is 0 Å². The molecule has 2 aromatic carbocycles. The van der Waals surface area contributed by atoms with Gasteiger partial charge >= 0.3 is 0 Å². The van der Waals surface area contributed by atoms with E-state index in [0.717, 1.165) is 45.4 Å². The molecule has 1 aliphatic carbocycles. The molecule has 0 saturated heterocycles. The Morgan fingerprint density at radius 1 is 1.08 bits per heavy atom. The van der Waals surface area contributed by atoms with Crippen LogP contribution in [-0.4, -0.2) is 16.0 Å². The molecule has 1 atom stereocenters. The minimum atomic E-state index is -0.0901. The van der Waals surface area contributed by atoms with E-state index in [0.29, 0.717) is 11.4 Å². The molecule has 2 N–H and O–H groups in total. The van der Waals surface area contributed by atoms with Crippen molar-refractivity contribution < 1.29 is 4.79 Å². The van der Waals surface area contributed by atoms with Gasteiger partial charge < -0.3 is 5.32 Å². The molecule has 2 heterocycles. The summed E-state index contributed by atoms with van der Waals surface area (Å²) in [5.41, 5.74) is 6.11. The van der Waals surface area contributed by atoms with Crippen LogP contribution in [0.5, 0.6) is 0 Å². The van der Waals surface area contributed by atoms with E-state index in [1.807, 2.05) is 36.5 Å². The number of halogens is 1. The van der Waals surface area contributed by atoms with Gasteiger partial charge in [-0.05, 0) is 36.2 Å². The third kappa shape index (κ3) is 1.86. The summed E-state index contributed by atoms with van der Waals surface area (Å²) in [5.74, 6) is 0.132. The lowest BCUT2D eigenvalue weighted by molar-refractivity contribution is -0.115. The molecule has 0 bridgehead atoms. The summed E-state index contributed by atoms with van der Waals surface area (Å²) in [5, 5.41) is 12.5. The number of rotatable bonds is 1. The highest BCUT2D eigenvalue weighted by Crippen LogP contribution is 2.48. The molecular formula is C19H14ClN3O. The van der Waals surface area contributed by atoms with E-state index >= 15 is 0 Å². The van der Waals surface area contributed by atoms with Crippen LogP contribution in [-0.2, 0) is 4.79 Å². The zero-order valence-corrected chi connectivity index (χ0v) is 13.5. The molecule has 0 radical (unpaired) electrons. The molecule has 0 amide bonds. The summed E-state index contributed by atoms with van der Waals surface area (Å²) in [4.78, 5) is 12.6. The minimum Gasteiger partial charge on any atom is -0.358 e. The molecule has 5 rings (SSSR count). The van der Waals surface area contributed by atoms with E-state index < -0.39 is 0 Å². The van der Waals surface area contributed by atoms with Gasteiger partial charge in [-0.1, -0.05) is 23.7 Å². The molecule has 24 heavy (non-hydrogen) atoms. The molecule has 118 valence electrons. The molecule has 5 heteroatoms. The van der Waals surface area contributed by atoms with Gasteiger partial charge in [0.05, 0.1) is 11.7 Å². The van der Waals surface area contributed by atoms with Crippen molar-refractivity contribution in [3.05, 3.63) is 70.0 Å². The van der Waals surface area contributed by atoms with Crippen molar-refractivity contribution in [3.8, 4) is 0 Å². The van der Waals surface area contributed by atoms with Crippen molar-refractivity contribution in [2.75, 3.05) is 5.32 Å². The summed E-state index contributed by atoms with van der Waals surface area (Å²) in [6, 6.07) is 11.9. The van der Waals surface area contributed by atoms with Crippen LogP contribution < -0.4 is 5.32 Å². The first-order chi connectivity index (χ1) is 11.7. The zero-order valence-electron chi connectivity index (χ0n) is 12.8. The zero-order chi connectivity index (χ0) is 16.3. The maximum Gasteiger partial charge on any atom is 0.161 e. The Balaban J connectivity index is 1.82. The molecular weight excluding hydrogens is 322 g/mol. The van der Waals surface area contributed by atoms with E-state index in [1.165, 1.54) is 0 Å². The van der Waals surface area contributed by atoms with Crippen molar-refractivity contribution in [1.82, 2.24) is 10.2 Å². The fraction of sp³-hybridized carbons (Fsp3) is 0.158. The quantitative estimate of drug-likeness (QED) is 0.693. The van der Waals surface area contributed by atoms with Gasteiger partial charge in [0.25, 0.3) is 0 Å². The number of nitrogens with zero attached hydrogens (tertiary/aromatic N) is 1. The largest absolute Gasteiger partial charge is 0.358 e. The van der Waals surface area contributed by atoms with Crippen molar-refractivity contribution in [3.63, 3.8) is 0 Å². The number of aromatic nitrogens is 2. The summed E-state index contributed by atoms with van der Waals surface area (Å²) >= 11 is 6.06. The number of carbonyl (C=O) groups excluding carboxylic acids is 1. The number of fused-ring (bicyclic) bond motifs is 3. The molecule has 1 unspecified atom stereocenters. The first-order valence-electron chi connectivity index (χ1n) is 7.97. The Kier molecular flexibility index (Phi) is 2.85. The number of Topliss-reactive ketones (excluding diaryl/α,β-unsaturated/α-hetero) is 1. The molecule has 3 aromatic rings. The van der Waals surface area contributed by atoms with Gasteiger partial charge in [0.2, 0.25) is 0 Å². The molecule has 0 fully saturated rings. The smallest absolute Gasteiger partial charge is 0.161 e. The number of ketones is 1. The number of H-pyrrole nitrogens is 1. The average molecular weight is 336 g/mol. The summed E-state index contributed by atoms with van der Waals surface area (Å²) in [6.45, 7) is 0. The molecule has 1 aliphatic heterocycles. The Morgan fingerprint density at radius 3 is 2.75 bits per heavy atom. The van der Waals surface area contributed by atoms with Crippen molar-refractivity contribution in [1.29, 1.82) is 0 Å². The first-order valence-corrected chi connectivity index (χ1v) is 8.35. The van der Waals surface area contributed by atoms with Gasteiger partial charge in [-0.25, -0.2) is 0 Å². The number of hydrogen-bond donors (Lipinski definition) is 2. The van der Waals surface area contributed by atoms with Crippen LogP contribution in [0.15, 0.2) is 53.9 Å². The number of benzene rings is 2. The maximum absolute atomic E-state index is 12.6. The van der Waals surface area contributed by atoms with E-state index in [9.17, 15) is 4.79 Å². The van der Waals surface area contributed by atoms with Crippen LogP contribution in [0.2, 0.25) is 5.02 Å². The second kappa shape index (κ2) is 4.95. The van der Waals surface area contributed by atoms with Crippen molar-refractivity contribution >= 4 is 34.0 Å². The lowest BCUT2D eigenvalue weighted by Crippen LogP contribution is -2.19. The van der Waals surface area contributed by atoms with E-state index in [-0.39, 0.29) is 11.7 Å². The molecule has 0 spiro atoms. The average Bonchev–Trinajstić information content (AvgIpc) is 3.21. The third-order valence-corrected chi connectivity index (χ3v) is 5.20. The second-order valence-corrected chi connectivity index (χ2v) is 6.72. The number of aromatic amines is 1.